The molecule has 1 rings (SSSR count). The maximum absolute atomic E-state index is 10.9. The van der Waals surface area contributed by atoms with Gasteiger partial charge in [-0.15, -0.1) is 0 Å². The molecular weight excluding hydrogens is 275 g/mol. The van der Waals surface area contributed by atoms with Gasteiger partial charge in [-0.05, 0) is 12.1 Å². The van der Waals surface area contributed by atoms with Crippen LogP contribution in [0, 0.1) is 34.0 Å². The normalized spacial score (nSPS) is 8.71. The summed E-state index contributed by atoms with van der Waals surface area (Å²) < 4.78 is 0. The number of aromatic carboxylic acids is 1. The van der Waals surface area contributed by atoms with Gasteiger partial charge in [0.15, 0.2) is 5.57 Å². The zero-order chi connectivity index (χ0) is 16.0. The van der Waals surface area contributed by atoms with Crippen LogP contribution in [0.5, 0.6) is 0 Å². The van der Waals surface area contributed by atoms with E-state index in [9.17, 15) is 14.8 Å². The third-order valence-corrected chi connectivity index (χ3v) is 2.42. The second kappa shape index (κ2) is 6.74. The second-order valence-electron chi connectivity index (χ2n) is 3.69. The number of nitrogens with zero attached hydrogens (tertiary/aromatic N) is 3. The Labute approximate surface area is 119 Å². The molecule has 0 saturated heterocycles. The predicted octanol–water partition coefficient (Wildman–Crippen LogP) is -0.699. The van der Waals surface area contributed by atoms with Crippen molar-refractivity contribution in [3.8, 4) is 18.2 Å². The van der Waals surface area contributed by atoms with Gasteiger partial charge in [-0.2, -0.15) is 15.8 Å². The fourth-order valence-electron chi connectivity index (χ4n) is 1.44. The number of carboxylic acid groups (broad SMARTS) is 1. The largest absolute Gasteiger partial charge is 0.490 e. The number of carboxylic acids is 1. The molecule has 0 unspecified atom stereocenters. The van der Waals surface area contributed by atoms with Crippen molar-refractivity contribution in [3.63, 3.8) is 0 Å². The Morgan fingerprint density at radius 3 is 2.19 bits per heavy atom. The monoisotopic (exact) mass is 282 g/mol. The number of nitrogens with one attached hydrogen (secondary N) is 1. The first-order chi connectivity index (χ1) is 9.94. The molecular formula is C12H7BN4O4. The van der Waals surface area contributed by atoms with Gasteiger partial charge in [-0.1, -0.05) is 6.07 Å². The Morgan fingerprint density at radius 2 is 1.76 bits per heavy atom. The van der Waals surface area contributed by atoms with Crippen LogP contribution < -0.4 is 10.8 Å². The maximum atomic E-state index is 10.9. The van der Waals surface area contributed by atoms with Crippen molar-refractivity contribution in [2.45, 2.75) is 0 Å². The highest BCUT2D eigenvalue weighted by Gasteiger charge is 2.19. The lowest BCUT2D eigenvalue weighted by Gasteiger charge is -2.11. The molecule has 0 atom stereocenters. The maximum Gasteiger partial charge on any atom is 0.490 e. The molecule has 21 heavy (non-hydrogen) atoms. The molecule has 0 spiro atoms. The second-order valence-corrected chi connectivity index (χ2v) is 3.69. The first-order valence-corrected chi connectivity index (χ1v) is 5.39. The van der Waals surface area contributed by atoms with Gasteiger partial charge in [0, 0.05) is 11.2 Å². The van der Waals surface area contributed by atoms with Crippen LogP contribution in [-0.2, 0) is 0 Å². The quantitative estimate of drug-likeness (QED) is 0.416. The van der Waals surface area contributed by atoms with Crippen molar-refractivity contribution in [2.24, 2.45) is 0 Å². The summed E-state index contributed by atoms with van der Waals surface area (Å²) in [6.45, 7) is 0. The zero-order valence-corrected chi connectivity index (χ0v) is 10.4. The number of benzene rings is 1. The number of hydrogen-bond donors (Lipinski definition) is 4. The molecule has 0 aliphatic heterocycles. The summed E-state index contributed by atoms with van der Waals surface area (Å²) in [5.41, 5.74) is -1.33. The van der Waals surface area contributed by atoms with Crippen LogP contribution in [0.1, 0.15) is 10.4 Å². The molecule has 0 fully saturated rings. The van der Waals surface area contributed by atoms with E-state index in [2.05, 4.69) is 5.32 Å². The lowest BCUT2D eigenvalue weighted by atomic mass is 9.78. The van der Waals surface area contributed by atoms with E-state index >= 15 is 0 Å². The number of carbonyl (C=O) groups is 1. The van der Waals surface area contributed by atoms with Crippen LogP contribution in [0.15, 0.2) is 29.5 Å². The average Bonchev–Trinajstić information content (AvgIpc) is 2.46. The Kier molecular flexibility index (Phi) is 5.05. The fourth-order valence-corrected chi connectivity index (χ4v) is 1.44. The molecule has 0 radical (unpaired) electrons. The standard InChI is InChI=1S/C12H7BN4O4/c14-4-8(5-15)11(6-16)17-10-3-7(12(18)19)1-2-9(10)13(20)21/h1-3,17,20-21H,(H,18,19). The SMILES string of the molecule is N#CC(C#N)=C(C#N)Nc1cc(C(=O)O)ccc1B(O)O. The van der Waals surface area contributed by atoms with E-state index < -0.39 is 24.4 Å². The Balaban J connectivity index is 3.42. The summed E-state index contributed by atoms with van der Waals surface area (Å²) in [7, 11) is -1.93. The van der Waals surface area contributed by atoms with Gasteiger partial charge < -0.3 is 20.5 Å². The van der Waals surface area contributed by atoms with Gasteiger partial charge in [-0.25, -0.2) is 4.79 Å². The molecule has 102 valence electrons. The van der Waals surface area contributed by atoms with Gasteiger partial charge >= 0.3 is 13.1 Å². The molecule has 0 aromatic heterocycles. The smallest absolute Gasteiger partial charge is 0.478 e. The lowest BCUT2D eigenvalue weighted by Crippen LogP contribution is -2.32. The van der Waals surface area contributed by atoms with E-state index in [-0.39, 0.29) is 16.7 Å². The minimum atomic E-state index is -1.93. The van der Waals surface area contributed by atoms with Crippen molar-refractivity contribution in [3.05, 3.63) is 35.0 Å². The van der Waals surface area contributed by atoms with Gasteiger partial charge in [0.2, 0.25) is 0 Å². The number of rotatable bonds is 4. The molecule has 0 aliphatic carbocycles. The van der Waals surface area contributed by atoms with Gasteiger partial charge in [0.05, 0.1) is 5.56 Å². The molecule has 4 N–H and O–H groups in total. The Morgan fingerprint density at radius 1 is 1.14 bits per heavy atom. The van der Waals surface area contributed by atoms with Crippen molar-refractivity contribution < 1.29 is 19.9 Å². The van der Waals surface area contributed by atoms with Crippen LogP contribution in [0.3, 0.4) is 0 Å². The highest BCUT2D eigenvalue weighted by molar-refractivity contribution is 6.60. The van der Waals surface area contributed by atoms with Crippen molar-refractivity contribution in [1.29, 1.82) is 15.8 Å². The van der Waals surface area contributed by atoms with E-state index in [1.807, 2.05) is 0 Å². The van der Waals surface area contributed by atoms with Crippen LogP contribution in [-0.4, -0.2) is 28.2 Å². The van der Waals surface area contributed by atoms with E-state index in [1.165, 1.54) is 12.1 Å². The Bertz CT molecular complexity index is 721. The number of allylic oxidation sites excluding steroid dienone is 2. The average molecular weight is 282 g/mol. The van der Waals surface area contributed by atoms with E-state index in [0.717, 1.165) is 18.2 Å². The summed E-state index contributed by atoms with van der Waals surface area (Å²) in [6.07, 6.45) is 0. The summed E-state index contributed by atoms with van der Waals surface area (Å²) in [5, 5.41) is 56.0. The third kappa shape index (κ3) is 3.58. The van der Waals surface area contributed by atoms with E-state index in [1.54, 1.807) is 6.07 Å². The van der Waals surface area contributed by atoms with Gasteiger partial charge in [-0.3, -0.25) is 0 Å². The first-order valence-electron chi connectivity index (χ1n) is 5.39. The van der Waals surface area contributed by atoms with Crippen LogP contribution in [0.2, 0.25) is 0 Å². The van der Waals surface area contributed by atoms with Crippen molar-refractivity contribution in [2.75, 3.05) is 5.32 Å². The molecule has 0 amide bonds. The molecule has 0 aliphatic rings. The molecule has 0 bridgehead atoms. The highest BCUT2D eigenvalue weighted by Crippen LogP contribution is 2.13. The number of anilines is 1. The molecule has 1 aromatic rings. The number of nitriles is 3. The summed E-state index contributed by atoms with van der Waals surface area (Å²) >= 11 is 0. The van der Waals surface area contributed by atoms with Gasteiger partial charge in [0.25, 0.3) is 0 Å². The molecule has 1 aromatic carbocycles. The molecule has 0 saturated carbocycles. The predicted molar refractivity (Wildman–Crippen MR) is 70.7 cm³/mol. The summed E-state index contributed by atoms with van der Waals surface area (Å²) in [6, 6.07) is 7.93. The minimum absolute atomic E-state index is 0.107. The Hall–Kier alpha value is -3.32. The summed E-state index contributed by atoms with van der Waals surface area (Å²) in [5.74, 6) is -1.26. The van der Waals surface area contributed by atoms with Crippen LogP contribution >= 0.6 is 0 Å². The molecule has 8 nitrogen and oxygen atoms in total. The topological polar surface area (TPSA) is 161 Å². The first kappa shape index (κ1) is 15.7. The van der Waals surface area contributed by atoms with Crippen LogP contribution in [0.25, 0.3) is 0 Å². The number of hydrogen-bond acceptors (Lipinski definition) is 7. The van der Waals surface area contributed by atoms with E-state index in [0.29, 0.717) is 0 Å². The lowest BCUT2D eigenvalue weighted by molar-refractivity contribution is 0.0697. The van der Waals surface area contributed by atoms with Crippen molar-refractivity contribution >= 4 is 24.2 Å². The minimum Gasteiger partial charge on any atom is -0.478 e. The highest BCUT2D eigenvalue weighted by atomic mass is 16.4. The third-order valence-electron chi connectivity index (χ3n) is 2.42. The summed E-state index contributed by atoms with van der Waals surface area (Å²) in [4.78, 5) is 10.9. The molecule has 9 heteroatoms. The van der Waals surface area contributed by atoms with Crippen LogP contribution in [0.4, 0.5) is 5.69 Å². The van der Waals surface area contributed by atoms with E-state index in [4.69, 9.17) is 20.9 Å². The molecule has 0 heterocycles. The zero-order valence-electron chi connectivity index (χ0n) is 10.4. The fraction of sp³-hybridized carbons (Fsp3) is 0. The van der Waals surface area contributed by atoms with Gasteiger partial charge in [0.1, 0.15) is 23.9 Å². The van der Waals surface area contributed by atoms with Crippen molar-refractivity contribution in [1.82, 2.24) is 0 Å².